The van der Waals surface area contributed by atoms with Crippen molar-refractivity contribution in [3.05, 3.63) is 18.7 Å². The van der Waals surface area contributed by atoms with Gasteiger partial charge in [-0.15, -0.1) is 0 Å². The zero-order valence-electron chi connectivity index (χ0n) is 12.7. The third-order valence-electron chi connectivity index (χ3n) is 4.98. The van der Waals surface area contributed by atoms with E-state index in [-0.39, 0.29) is 0 Å². The summed E-state index contributed by atoms with van der Waals surface area (Å²) in [6.07, 6.45) is 14.0. The molecular weight excluding hydrogens is 248 g/mol. The Labute approximate surface area is 122 Å². The second-order valence-corrected chi connectivity index (χ2v) is 6.40. The zero-order chi connectivity index (χ0) is 13.8. The number of nitrogens with zero attached hydrogens (tertiary/aromatic N) is 3. The summed E-state index contributed by atoms with van der Waals surface area (Å²) in [7, 11) is 0. The van der Waals surface area contributed by atoms with Crippen LogP contribution >= 0.6 is 0 Å². The molecular formula is C16H28N4. The Morgan fingerprint density at radius 1 is 1.20 bits per heavy atom. The monoisotopic (exact) mass is 276 g/mol. The molecule has 4 nitrogen and oxygen atoms in total. The highest BCUT2D eigenvalue weighted by Gasteiger charge is 2.37. The van der Waals surface area contributed by atoms with Crippen LogP contribution in [-0.2, 0) is 6.54 Å². The van der Waals surface area contributed by atoms with Crippen LogP contribution in [0.5, 0.6) is 0 Å². The lowest BCUT2D eigenvalue weighted by molar-refractivity contribution is 0.0220. The summed E-state index contributed by atoms with van der Waals surface area (Å²) in [6, 6.07) is 2.37. The second kappa shape index (κ2) is 6.72. The van der Waals surface area contributed by atoms with Crippen molar-refractivity contribution in [2.24, 2.45) is 0 Å². The molecule has 112 valence electrons. The number of piperidine rings is 2. The molecule has 3 rings (SSSR count). The van der Waals surface area contributed by atoms with Gasteiger partial charge >= 0.3 is 0 Å². The van der Waals surface area contributed by atoms with Crippen molar-refractivity contribution in [1.29, 1.82) is 0 Å². The summed E-state index contributed by atoms with van der Waals surface area (Å²) >= 11 is 0. The molecule has 2 atom stereocenters. The highest BCUT2D eigenvalue weighted by Crippen LogP contribution is 2.33. The van der Waals surface area contributed by atoms with E-state index >= 15 is 0 Å². The maximum absolute atomic E-state index is 4.14. The molecule has 2 aliphatic heterocycles. The average molecular weight is 276 g/mol. The van der Waals surface area contributed by atoms with Crippen molar-refractivity contribution in [3.8, 4) is 0 Å². The average Bonchev–Trinajstić information content (AvgIpc) is 2.95. The summed E-state index contributed by atoms with van der Waals surface area (Å²) in [5.41, 5.74) is 0. The summed E-state index contributed by atoms with van der Waals surface area (Å²) in [4.78, 5) is 6.92. The van der Waals surface area contributed by atoms with Crippen LogP contribution in [0.2, 0.25) is 0 Å². The van der Waals surface area contributed by atoms with Gasteiger partial charge < -0.3 is 9.88 Å². The molecule has 2 aliphatic rings. The van der Waals surface area contributed by atoms with Gasteiger partial charge in [-0.1, -0.05) is 13.3 Å². The van der Waals surface area contributed by atoms with Gasteiger partial charge in [0.05, 0.1) is 6.33 Å². The van der Waals surface area contributed by atoms with Crippen LogP contribution in [-0.4, -0.2) is 45.7 Å². The van der Waals surface area contributed by atoms with Gasteiger partial charge in [0.1, 0.15) is 0 Å². The number of imidazole rings is 1. The van der Waals surface area contributed by atoms with Gasteiger partial charge in [-0.2, -0.15) is 0 Å². The first-order valence-electron chi connectivity index (χ1n) is 8.31. The molecule has 0 saturated carbocycles. The van der Waals surface area contributed by atoms with E-state index in [1.165, 1.54) is 51.6 Å². The van der Waals surface area contributed by atoms with E-state index in [1.54, 1.807) is 0 Å². The van der Waals surface area contributed by atoms with Crippen molar-refractivity contribution in [2.45, 2.75) is 70.1 Å². The fraction of sp³-hybridized carbons (Fsp3) is 0.812. The third kappa shape index (κ3) is 3.23. The molecule has 0 radical (unpaired) electrons. The van der Waals surface area contributed by atoms with E-state index in [1.807, 2.05) is 12.5 Å². The first-order valence-corrected chi connectivity index (χ1v) is 8.31. The van der Waals surface area contributed by atoms with Crippen molar-refractivity contribution >= 4 is 0 Å². The topological polar surface area (TPSA) is 33.1 Å². The van der Waals surface area contributed by atoms with Gasteiger partial charge in [-0.25, -0.2) is 4.98 Å². The minimum atomic E-state index is 0.759. The normalized spacial score (nSPS) is 30.6. The maximum atomic E-state index is 4.14. The Kier molecular flexibility index (Phi) is 4.73. The lowest BCUT2D eigenvalue weighted by atomic mass is 9.81. The second-order valence-electron chi connectivity index (χ2n) is 6.40. The van der Waals surface area contributed by atoms with Crippen molar-refractivity contribution in [3.63, 3.8) is 0 Å². The quantitative estimate of drug-likeness (QED) is 0.865. The Hall–Kier alpha value is -0.870. The molecule has 0 aromatic carbocycles. The summed E-state index contributed by atoms with van der Waals surface area (Å²) in [5, 5.41) is 3.75. The van der Waals surface area contributed by atoms with Gasteiger partial charge in [-0.05, 0) is 38.6 Å². The number of rotatable bonds is 6. The Morgan fingerprint density at radius 2 is 2.00 bits per heavy atom. The molecule has 3 heterocycles. The Balaban J connectivity index is 1.55. The van der Waals surface area contributed by atoms with Crippen molar-refractivity contribution in [1.82, 2.24) is 19.8 Å². The Bertz CT molecular complexity index is 375. The first kappa shape index (κ1) is 14.1. The molecule has 1 aromatic heterocycles. The number of hydrogen-bond acceptors (Lipinski definition) is 3. The maximum Gasteiger partial charge on any atom is 0.0946 e. The summed E-state index contributed by atoms with van der Waals surface area (Å²) in [5.74, 6) is 0. The molecule has 4 heteroatoms. The van der Waals surface area contributed by atoms with Crippen LogP contribution in [0.25, 0.3) is 0 Å². The number of nitrogens with one attached hydrogen (secondary N) is 1. The van der Waals surface area contributed by atoms with Gasteiger partial charge in [-0.3, -0.25) is 4.90 Å². The van der Waals surface area contributed by atoms with Gasteiger partial charge in [0, 0.05) is 43.6 Å². The Morgan fingerprint density at radius 3 is 2.65 bits per heavy atom. The molecule has 2 saturated heterocycles. The minimum absolute atomic E-state index is 0.759. The molecule has 0 spiro atoms. The zero-order valence-corrected chi connectivity index (χ0v) is 12.7. The molecule has 0 amide bonds. The largest absolute Gasteiger partial charge is 0.336 e. The predicted molar refractivity (Wildman–Crippen MR) is 81.7 cm³/mol. The summed E-state index contributed by atoms with van der Waals surface area (Å²) in [6.45, 7) is 5.71. The lowest BCUT2D eigenvalue weighted by Gasteiger charge is -2.49. The van der Waals surface area contributed by atoms with Crippen molar-refractivity contribution in [2.75, 3.05) is 13.1 Å². The third-order valence-corrected chi connectivity index (χ3v) is 4.98. The minimum Gasteiger partial charge on any atom is -0.336 e. The van der Waals surface area contributed by atoms with Crippen molar-refractivity contribution < 1.29 is 0 Å². The summed E-state index contributed by atoms with van der Waals surface area (Å²) < 4.78 is 2.21. The molecule has 0 aliphatic carbocycles. The number of fused-ring (bicyclic) bond motifs is 2. The van der Waals surface area contributed by atoms with Gasteiger partial charge in [0.15, 0.2) is 0 Å². The van der Waals surface area contributed by atoms with Gasteiger partial charge in [0.2, 0.25) is 0 Å². The fourth-order valence-corrected chi connectivity index (χ4v) is 4.01. The molecule has 1 N–H and O–H groups in total. The number of hydrogen-bond donors (Lipinski definition) is 1. The van der Waals surface area contributed by atoms with Crippen LogP contribution in [0.1, 0.15) is 45.4 Å². The van der Waals surface area contributed by atoms with E-state index in [9.17, 15) is 0 Å². The van der Waals surface area contributed by atoms with Crippen LogP contribution in [0.3, 0.4) is 0 Å². The van der Waals surface area contributed by atoms with Crippen LogP contribution in [0.15, 0.2) is 18.7 Å². The van der Waals surface area contributed by atoms with E-state index in [0.29, 0.717) is 0 Å². The van der Waals surface area contributed by atoms with E-state index in [2.05, 4.69) is 32.9 Å². The highest BCUT2D eigenvalue weighted by atomic mass is 15.2. The first-order chi connectivity index (χ1) is 9.86. The van der Waals surface area contributed by atoms with Crippen LogP contribution in [0.4, 0.5) is 0 Å². The van der Waals surface area contributed by atoms with E-state index in [0.717, 1.165) is 24.7 Å². The molecule has 1 aromatic rings. The SMILES string of the molecule is CCCNC1CC2CCCC(C1)N2CCn1ccnc1. The predicted octanol–water partition coefficient (Wildman–Crippen LogP) is 2.27. The lowest BCUT2D eigenvalue weighted by Crippen LogP contribution is -2.56. The van der Waals surface area contributed by atoms with Crippen LogP contribution in [0, 0.1) is 0 Å². The molecule has 20 heavy (non-hydrogen) atoms. The highest BCUT2D eigenvalue weighted by molar-refractivity contribution is 4.95. The van der Waals surface area contributed by atoms with E-state index < -0.39 is 0 Å². The van der Waals surface area contributed by atoms with Crippen LogP contribution < -0.4 is 5.32 Å². The smallest absolute Gasteiger partial charge is 0.0946 e. The van der Waals surface area contributed by atoms with E-state index in [4.69, 9.17) is 0 Å². The molecule has 2 unspecified atom stereocenters. The molecule has 2 bridgehead atoms. The standard InChI is InChI=1S/C16H28N4/c1-2-6-18-14-11-15-4-3-5-16(12-14)20(15)10-9-19-8-7-17-13-19/h7-8,13-16,18H,2-6,9-12H2,1H3. The van der Waals surface area contributed by atoms with Gasteiger partial charge in [0.25, 0.3) is 0 Å². The fourth-order valence-electron chi connectivity index (χ4n) is 4.01. The molecule has 2 fully saturated rings. The number of aromatic nitrogens is 2.